The molecule has 2 rings (SSSR count). The highest BCUT2D eigenvalue weighted by atomic mass is 19.1. The van der Waals surface area contributed by atoms with Crippen LogP contribution in [-0.4, -0.2) is 20.2 Å². The van der Waals surface area contributed by atoms with Gasteiger partial charge in [-0.05, 0) is 29.8 Å². The number of benzene rings is 2. The Kier molecular flexibility index (Phi) is 4.96. The molecule has 4 heteroatoms. The van der Waals surface area contributed by atoms with E-state index in [-0.39, 0.29) is 5.82 Å². The predicted octanol–water partition coefficient (Wildman–Crippen LogP) is 2.80. The lowest BCUT2D eigenvalue weighted by molar-refractivity contribution is 0.325. The summed E-state index contributed by atoms with van der Waals surface area (Å²) in [5.41, 5.74) is 7.19. The fourth-order valence-electron chi connectivity index (χ4n) is 1.94. The van der Waals surface area contributed by atoms with Gasteiger partial charge in [0.2, 0.25) is 0 Å². The third-order valence-corrected chi connectivity index (χ3v) is 3.09. The molecule has 0 saturated carbocycles. The second-order valence-electron chi connectivity index (χ2n) is 4.57. The first-order valence-electron chi connectivity index (χ1n) is 6.58. The average molecular weight is 274 g/mol. The normalized spacial score (nSPS) is 10.3. The van der Waals surface area contributed by atoms with Crippen LogP contribution in [0, 0.1) is 5.82 Å². The van der Waals surface area contributed by atoms with Gasteiger partial charge in [0.25, 0.3) is 0 Å². The molecule has 0 atom stereocenters. The van der Waals surface area contributed by atoms with E-state index in [1.165, 1.54) is 6.07 Å². The van der Waals surface area contributed by atoms with Gasteiger partial charge < -0.3 is 15.4 Å². The zero-order valence-corrected chi connectivity index (χ0v) is 11.6. The third-order valence-electron chi connectivity index (χ3n) is 3.09. The van der Waals surface area contributed by atoms with E-state index in [1.807, 2.05) is 42.3 Å². The molecule has 0 radical (unpaired) electrons. The van der Waals surface area contributed by atoms with Crippen molar-refractivity contribution in [3.63, 3.8) is 0 Å². The Hall–Kier alpha value is -2.07. The average Bonchev–Trinajstić information content (AvgIpc) is 2.48. The molecule has 0 aromatic heterocycles. The summed E-state index contributed by atoms with van der Waals surface area (Å²) in [5, 5.41) is 0. The largest absolute Gasteiger partial charge is 0.492 e. The molecular formula is C16H19FN2O. The van der Waals surface area contributed by atoms with Crippen LogP contribution in [0.3, 0.4) is 0 Å². The van der Waals surface area contributed by atoms with Crippen LogP contribution in [0.1, 0.15) is 5.56 Å². The molecule has 0 amide bonds. The minimum Gasteiger partial charge on any atom is -0.492 e. The molecule has 3 nitrogen and oxygen atoms in total. The number of nitrogens with two attached hydrogens (primary N) is 1. The lowest BCUT2D eigenvalue weighted by Gasteiger charge is -2.20. The summed E-state index contributed by atoms with van der Waals surface area (Å²) in [6.07, 6.45) is 0. The van der Waals surface area contributed by atoms with Gasteiger partial charge in [0, 0.05) is 13.6 Å². The summed E-state index contributed by atoms with van der Waals surface area (Å²) in [7, 11) is 1.85. The van der Waals surface area contributed by atoms with Crippen LogP contribution in [0.15, 0.2) is 48.5 Å². The van der Waals surface area contributed by atoms with E-state index < -0.39 is 0 Å². The van der Waals surface area contributed by atoms with Crippen molar-refractivity contribution in [1.82, 2.24) is 0 Å². The molecule has 0 bridgehead atoms. The zero-order valence-electron chi connectivity index (χ0n) is 11.6. The molecule has 106 valence electrons. The van der Waals surface area contributed by atoms with E-state index in [1.54, 1.807) is 12.1 Å². The van der Waals surface area contributed by atoms with Crippen molar-refractivity contribution in [2.75, 3.05) is 25.1 Å². The number of hydrogen-bond donors (Lipinski definition) is 1. The van der Waals surface area contributed by atoms with E-state index >= 15 is 0 Å². The summed E-state index contributed by atoms with van der Waals surface area (Å²) in [6, 6.07) is 14.4. The van der Waals surface area contributed by atoms with Crippen molar-refractivity contribution in [1.29, 1.82) is 0 Å². The van der Waals surface area contributed by atoms with Gasteiger partial charge in [-0.25, -0.2) is 4.39 Å². The number of likely N-dealkylation sites (N-methyl/N-ethyl adjacent to an activating group) is 1. The van der Waals surface area contributed by atoms with Gasteiger partial charge in [-0.3, -0.25) is 0 Å². The number of para-hydroxylation sites is 1. The Bertz CT molecular complexity index is 560. The summed E-state index contributed by atoms with van der Waals surface area (Å²) in [6.45, 7) is 1.58. The first-order chi connectivity index (χ1) is 9.70. The van der Waals surface area contributed by atoms with Crippen LogP contribution in [0.4, 0.5) is 10.1 Å². The van der Waals surface area contributed by atoms with E-state index in [0.717, 1.165) is 11.3 Å². The zero-order chi connectivity index (χ0) is 14.4. The van der Waals surface area contributed by atoms with Crippen molar-refractivity contribution in [2.45, 2.75) is 6.54 Å². The first-order valence-corrected chi connectivity index (χ1v) is 6.58. The molecule has 0 spiro atoms. The van der Waals surface area contributed by atoms with Crippen LogP contribution >= 0.6 is 0 Å². The minimum atomic E-state index is -0.222. The van der Waals surface area contributed by atoms with Crippen molar-refractivity contribution < 1.29 is 9.13 Å². The highest BCUT2D eigenvalue weighted by molar-refractivity contribution is 5.46. The molecule has 2 N–H and O–H groups in total. The van der Waals surface area contributed by atoms with Gasteiger partial charge in [-0.2, -0.15) is 0 Å². The summed E-state index contributed by atoms with van der Waals surface area (Å²) in [4.78, 5) is 1.84. The Morgan fingerprint density at radius 1 is 1.15 bits per heavy atom. The highest BCUT2D eigenvalue weighted by Crippen LogP contribution is 2.17. The molecule has 0 aliphatic rings. The highest BCUT2D eigenvalue weighted by Gasteiger charge is 2.06. The van der Waals surface area contributed by atoms with Gasteiger partial charge in [0.15, 0.2) is 0 Å². The lowest BCUT2D eigenvalue weighted by atomic mass is 10.2. The molecule has 0 heterocycles. The molecule has 0 saturated heterocycles. The SMILES string of the molecule is CN(CCOc1cccc(CN)c1)c1ccccc1F. The van der Waals surface area contributed by atoms with E-state index in [9.17, 15) is 4.39 Å². The van der Waals surface area contributed by atoms with Gasteiger partial charge in [0.05, 0.1) is 12.2 Å². The standard InChI is InChI=1S/C16H19FN2O/c1-19(16-8-3-2-7-15(16)17)9-10-20-14-6-4-5-13(11-14)12-18/h2-8,11H,9-10,12,18H2,1H3. The smallest absolute Gasteiger partial charge is 0.146 e. The Morgan fingerprint density at radius 2 is 1.95 bits per heavy atom. The van der Waals surface area contributed by atoms with Crippen molar-refractivity contribution in [3.05, 3.63) is 59.9 Å². The first kappa shape index (κ1) is 14.3. The van der Waals surface area contributed by atoms with Crippen LogP contribution < -0.4 is 15.4 Å². The second-order valence-corrected chi connectivity index (χ2v) is 4.57. The number of halogens is 1. The number of anilines is 1. The molecule has 20 heavy (non-hydrogen) atoms. The van der Waals surface area contributed by atoms with E-state index in [2.05, 4.69) is 0 Å². The molecule has 2 aromatic carbocycles. The fraction of sp³-hybridized carbons (Fsp3) is 0.250. The quantitative estimate of drug-likeness (QED) is 0.880. The molecule has 0 aliphatic carbocycles. The molecule has 0 aliphatic heterocycles. The van der Waals surface area contributed by atoms with Gasteiger partial charge in [-0.1, -0.05) is 24.3 Å². The lowest BCUT2D eigenvalue weighted by Crippen LogP contribution is -2.24. The van der Waals surface area contributed by atoms with Gasteiger partial charge in [0.1, 0.15) is 18.2 Å². The Morgan fingerprint density at radius 3 is 2.70 bits per heavy atom. The van der Waals surface area contributed by atoms with Crippen molar-refractivity contribution >= 4 is 5.69 Å². The number of hydrogen-bond acceptors (Lipinski definition) is 3. The van der Waals surface area contributed by atoms with Gasteiger partial charge >= 0.3 is 0 Å². The Labute approximate surface area is 118 Å². The molecule has 0 fully saturated rings. The summed E-state index contributed by atoms with van der Waals surface area (Å²) < 4.78 is 19.3. The summed E-state index contributed by atoms with van der Waals surface area (Å²) in [5.74, 6) is 0.565. The fourth-order valence-corrected chi connectivity index (χ4v) is 1.94. The number of rotatable bonds is 6. The molecule has 0 unspecified atom stereocenters. The van der Waals surface area contributed by atoms with Crippen LogP contribution in [-0.2, 0) is 6.54 Å². The van der Waals surface area contributed by atoms with Crippen molar-refractivity contribution in [3.8, 4) is 5.75 Å². The maximum Gasteiger partial charge on any atom is 0.146 e. The number of nitrogens with zero attached hydrogens (tertiary/aromatic N) is 1. The van der Waals surface area contributed by atoms with Crippen LogP contribution in [0.5, 0.6) is 5.75 Å². The molecular weight excluding hydrogens is 255 g/mol. The van der Waals surface area contributed by atoms with Crippen LogP contribution in [0.2, 0.25) is 0 Å². The topological polar surface area (TPSA) is 38.5 Å². The Balaban J connectivity index is 1.88. The van der Waals surface area contributed by atoms with Gasteiger partial charge in [-0.15, -0.1) is 0 Å². The predicted molar refractivity (Wildman–Crippen MR) is 79.5 cm³/mol. The number of ether oxygens (including phenoxy) is 1. The van der Waals surface area contributed by atoms with E-state index in [4.69, 9.17) is 10.5 Å². The van der Waals surface area contributed by atoms with Crippen LogP contribution in [0.25, 0.3) is 0 Å². The maximum absolute atomic E-state index is 13.6. The monoisotopic (exact) mass is 274 g/mol. The second kappa shape index (κ2) is 6.91. The maximum atomic E-state index is 13.6. The molecule has 2 aromatic rings. The summed E-state index contributed by atoms with van der Waals surface area (Å²) >= 11 is 0. The minimum absolute atomic E-state index is 0.222. The van der Waals surface area contributed by atoms with Crippen molar-refractivity contribution in [2.24, 2.45) is 5.73 Å². The van der Waals surface area contributed by atoms with E-state index in [0.29, 0.717) is 25.4 Å². The third kappa shape index (κ3) is 3.71.